The first-order chi connectivity index (χ1) is 5.77. The molecule has 1 aromatic rings. The average molecular weight is 203 g/mol. The molecule has 0 aromatic heterocycles. The lowest BCUT2D eigenvalue weighted by molar-refractivity contribution is 0.285. The average Bonchev–Trinajstić information content (AvgIpc) is 2.07. The third-order valence-electron chi connectivity index (χ3n) is 1.94. The topological polar surface area (TPSA) is 9.23 Å². The summed E-state index contributed by atoms with van der Waals surface area (Å²) in [5.74, 6) is 0.866. The van der Waals surface area contributed by atoms with Crippen LogP contribution in [0.3, 0.4) is 0 Å². The van der Waals surface area contributed by atoms with Crippen molar-refractivity contribution in [3.05, 3.63) is 28.8 Å². The fraction of sp³-hybridized carbons (Fsp3) is 0.333. The molecular weight excluding hydrogens is 195 g/mol. The Hall–Kier alpha value is -0.400. The van der Waals surface area contributed by atoms with Gasteiger partial charge < -0.3 is 4.74 Å². The van der Waals surface area contributed by atoms with Gasteiger partial charge in [0, 0.05) is 17.0 Å². The predicted molar refractivity (Wildman–Crippen MR) is 50.2 cm³/mol. The van der Waals surface area contributed by atoms with E-state index in [1.54, 1.807) is 0 Å². The van der Waals surface area contributed by atoms with Gasteiger partial charge in [0.15, 0.2) is 0 Å². The van der Waals surface area contributed by atoms with Gasteiger partial charge in [-0.05, 0) is 18.2 Å². The second-order valence-corrected chi connectivity index (χ2v) is 3.75. The quantitative estimate of drug-likeness (QED) is 0.587. The third-order valence-corrected chi connectivity index (χ3v) is 2.63. The smallest absolute Gasteiger partial charge is 0.124 e. The largest absolute Gasteiger partial charge is 0.493 e. The van der Waals surface area contributed by atoms with Crippen LogP contribution in [0.1, 0.15) is 17.4 Å². The highest BCUT2D eigenvalue weighted by Gasteiger charge is 2.18. The molecule has 0 amide bonds. The van der Waals surface area contributed by atoms with E-state index in [1.807, 2.05) is 18.2 Å². The molecule has 0 aliphatic carbocycles. The third kappa shape index (κ3) is 1.39. The van der Waals surface area contributed by atoms with Crippen LogP contribution in [-0.2, 0) is 0 Å². The second-order valence-electron chi connectivity index (χ2n) is 2.79. The molecule has 64 valence electrons. The van der Waals surface area contributed by atoms with E-state index in [1.165, 1.54) is 0 Å². The minimum atomic E-state index is 0.0486. The maximum atomic E-state index is 6.08. The van der Waals surface area contributed by atoms with Gasteiger partial charge in [0.05, 0.1) is 12.0 Å². The van der Waals surface area contributed by atoms with Crippen LogP contribution in [0.5, 0.6) is 5.75 Å². The van der Waals surface area contributed by atoms with Crippen molar-refractivity contribution in [2.75, 3.05) is 6.61 Å². The lowest BCUT2D eigenvalue weighted by atomic mass is 10.1. The molecule has 0 saturated heterocycles. The van der Waals surface area contributed by atoms with Crippen LogP contribution in [-0.4, -0.2) is 6.61 Å². The molecule has 1 atom stereocenters. The lowest BCUT2D eigenvalue weighted by Crippen LogP contribution is -2.10. The summed E-state index contributed by atoms with van der Waals surface area (Å²) >= 11 is 11.9. The summed E-state index contributed by atoms with van der Waals surface area (Å²) in [6.07, 6.45) is 0.856. The van der Waals surface area contributed by atoms with Crippen molar-refractivity contribution in [1.82, 2.24) is 0 Å². The standard InChI is InChI=1S/C9H8Cl2O/c10-6-1-2-9-7(5-6)8(11)3-4-12-9/h1-2,5,8H,3-4H2. The first-order valence-electron chi connectivity index (χ1n) is 3.83. The van der Waals surface area contributed by atoms with Gasteiger partial charge in [-0.2, -0.15) is 0 Å². The molecule has 1 heterocycles. The van der Waals surface area contributed by atoms with Crippen LogP contribution >= 0.6 is 23.2 Å². The highest BCUT2D eigenvalue weighted by Crippen LogP contribution is 2.37. The first kappa shape index (κ1) is 8.21. The van der Waals surface area contributed by atoms with Crippen molar-refractivity contribution in [3.63, 3.8) is 0 Å². The molecule has 1 nitrogen and oxygen atoms in total. The van der Waals surface area contributed by atoms with Crippen LogP contribution in [0.15, 0.2) is 18.2 Å². The Balaban J connectivity index is 2.47. The van der Waals surface area contributed by atoms with Gasteiger partial charge in [0.2, 0.25) is 0 Å². The molecule has 1 aliphatic heterocycles. The van der Waals surface area contributed by atoms with Crippen molar-refractivity contribution >= 4 is 23.2 Å². The van der Waals surface area contributed by atoms with Crippen LogP contribution in [0.25, 0.3) is 0 Å². The number of fused-ring (bicyclic) bond motifs is 1. The van der Waals surface area contributed by atoms with Gasteiger partial charge in [-0.25, -0.2) is 0 Å². The molecule has 1 unspecified atom stereocenters. The highest BCUT2D eigenvalue weighted by atomic mass is 35.5. The molecule has 0 fully saturated rings. The van der Waals surface area contributed by atoms with E-state index >= 15 is 0 Å². The molecule has 0 saturated carbocycles. The van der Waals surface area contributed by atoms with Gasteiger partial charge in [0.1, 0.15) is 5.75 Å². The monoisotopic (exact) mass is 202 g/mol. The molecule has 1 aliphatic rings. The molecule has 0 radical (unpaired) electrons. The van der Waals surface area contributed by atoms with E-state index < -0.39 is 0 Å². The Labute approximate surface area is 81.2 Å². The lowest BCUT2D eigenvalue weighted by Gasteiger charge is -2.21. The molecule has 0 bridgehead atoms. The summed E-state index contributed by atoms with van der Waals surface area (Å²) in [7, 11) is 0. The molecular formula is C9H8Cl2O. The molecule has 0 N–H and O–H groups in total. The number of benzene rings is 1. The fourth-order valence-electron chi connectivity index (χ4n) is 1.32. The summed E-state index contributed by atoms with van der Waals surface area (Å²) in [5.41, 5.74) is 1.01. The summed E-state index contributed by atoms with van der Waals surface area (Å²) in [6.45, 7) is 0.697. The van der Waals surface area contributed by atoms with Crippen molar-refractivity contribution in [2.45, 2.75) is 11.8 Å². The fourth-order valence-corrected chi connectivity index (χ4v) is 1.76. The molecule has 3 heteroatoms. The van der Waals surface area contributed by atoms with E-state index in [2.05, 4.69) is 0 Å². The number of rotatable bonds is 0. The Kier molecular flexibility index (Phi) is 2.16. The van der Waals surface area contributed by atoms with Crippen LogP contribution in [0, 0.1) is 0 Å². The maximum Gasteiger partial charge on any atom is 0.124 e. The molecule has 1 aromatic carbocycles. The minimum Gasteiger partial charge on any atom is -0.493 e. The SMILES string of the molecule is Clc1ccc2c(c1)C(Cl)CCO2. The summed E-state index contributed by atoms with van der Waals surface area (Å²) in [4.78, 5) is 0. The van der Waals surface area contributed by atoms with E-state index in [0.29, 0.717) is 11.6 Å². The Morgan fingerprint density at radius 3 is 3.08 bits per heavy atom. The second kappa shape index (κ2) is 3.15. The van der Waals surface area contributed by atoms with Crippen LogP contribution < -0.4 is 4.74 Å². The van der Waals surface area contributed by atoms with Gasteiger partial charge in [0.25, 0.3) is 0 Å². The Bertz CT molecular complexity index is 299. The van der Waals surface area contributed by atoms with Gasteiger partial charge in [-0.3, -0.25) is 0 Å². The van der Waals surface area contributed by atoms with Crippen molar-refractivity contribution in [2.24, 2.45) is 0 Å². The number of alkyl halides is 1. The first-order valence-corrected chi connectivity index (χ1v) is 4.65. The van der Waals surface area contributed by atoms with Gasteiger partial charge >= 0.3 is 0 Å². The van der Waals surface area contributed by atoms with Gasteiger partial charge in [-0.15, -0.1) is 11.6 Å². The Morgan fingerprint density at radius 2 is 2.25 bits per heavy atom. The molecule has 2 rings (SSSR count). The molecule has 12 heavy (non-hydrogen) atoms. The van der Waals surface area contributed by atoms with Crippen LogP contribution in [0.4, 0.5) is 0 Å². The van der Waals surface area contributed by atoms with Crippen molar-refractivity contribution in [3.8, 4) is 5.75 Å². The van der Waals surface area contributed by atoms with Crippen molar-refractivity contribution < 1.29 is 4.74 Å². The van der Waals surface area contributed by atoms with Crippen molar-refractivity contribution in [1.29, 1.82) is 0 Å². The molecule has 0 spiro atoms. The Morgan fingerprint density at radius 1 is 1.42 bits per heavy atom. The highest BCUT2D eigenvalue weighted by molar-refractivity contribution is 6.31. The van der Waals surface area contributed by atoms with Gasteiger partial charge in [-0.1, -0.05) is 11.6 Å². The predicted octanol–water partition coefficient (Wildman–Crippen LogP) is 3.40. The van der Waals surface area contributed by atoms with E-state index in [0.717, 1.165) is 17.7 Å². The zero-order chi connectivity index (χ0) is 8.55. The maximum absolute atomic E-state index is 6.08. The van der Waals surface area contributed by atoms with E-state index in [-0.39, 0.29) is 5.38 Å². The number of ether oxygens (including phenoxy) is 1. The number of hydrogen-bond donors (Lipinski definition) is 0. The summed E-state index contributed by atoms with van der Waals surface area (Å²) < 4.78 is 5.41. The minimum absolute atomic E-state index is 0.0486. The zero-order valence-electron chi connectivity index (χ0n) is 6.39. The summed E-state index contributed by atoms with van der Waals surface area (Å²) in [5, 5.41) is 0.761. The van der Waals surface area contributed by atoms with E-state index in [4.69, 9.17) is 27.9 Å². The number of halogens is 2. The normalized spacial score (nSPS) is 21.3. The number of hydrogen-bond acceptors (Lipinski definition) is 1. The zero-order valence-corrected chi connectivity index (χ0v) is 7.90. The van der Waals surface area contributed by atoms with Crippen LogP contribution in [0.2, 0.25) is 5.02 Å². The van der Waals surface area contributed by atoms with E-state index in [9.17, 15) is 0 Å². The summed E-state index contributed by atoms with van der Waals surface area (Å²) in [6, 6.07) is 5.55.